The molecule has 3 heterocycles. The van der Waals surface area contributed by atoms with Crippen LogP contribution in [0.1, 0.15) is 47.3 Å². The summed E-state index contributed by atoms with van der Waals surface area (Å²) in [5, 5.41) is 20.1. The second-order valence-electron chi connectivity index (χ2n) is 9.73. The van der Waals surface area contributed by atoms with E-state index in [2.05, 4.69) is 29.2 Å². The fourth-order valence-electron chi connectivity index (χ4n) is 4.69. The lowest BCUT2D eigenvalue weighted by atomic mass is 9.74. The molecular formula is C26H25Cl2N5O3. The van der Waals surface area contributed by atoms with E-state index in [4.69, 9.17) is 32.9 Å². The first kappa shape index (κ1) is 24.3. The molecule has 0 saturated carbocycles. The number of fused-ring (bicyclic) bond motifs is 3. The molecule has 5 rings (SSSR count). The summed E-state index contributed by atoms with van der Waals surface area (Å²) in [7, 11) is 1.35. The number of ether oxygens (including phenoxy) is 1. The smallest absolute Gasteiger partial charge is 0.337 e. The molecule has 0 spiro atoms. The van der Waals surface area contributed by atoms with E-state index in [0.717, 1.165) is 36.0 Å². The second-order valence-corrected chi connectivity index (χ2v) is 10.5. The number of carbonyl (C=O) groups excluding carboxylic acids is 1. The van der Waals surface area contributed by atoms with E-state index in [9.17, 15) is 9.90 Å². The van der Waals surface area contributed by atoms with Gasteiger partial charge in [-0.1, -0.05) is 49.2 Å². The maximum atomic E-state index is 11.8. The van der Waals surface area contributed by atoms with Crippen molar-refractivity contribution in [2.75, 3.05) is 12.4 Å². The third-order valence-corrected chi connectivity index (χ3v) is 7.16. The van der Waals surface area contributed by atoms with E-state index in [1.165, 1.54) is 19.5 Å². The highest BCUT2D eigenvalue weighted by molar-refractivity contribution is 6.39. The summed E-state index contributed by atoms with van der Waals surface area (Å²) in [4.78, 5) is 20.7. The lowest BCUT2D eigenvalue weighted by Crippen LogP contribution is -2.23. The van der Waals surface area contributed by atoms with Gasteiger partial charge in [0, 0.05) is 12.4 Å². The molecule has 10 heteroatoms. The van der Waals surface area contributed by atoms with Gasteiger partial charge in [-0.3, -0.25) is 4.98 Å². The number of benzene rings is 1. The number of rotatable bonds is 5. The predicted molar refractivity (Wildman–Crippen MR) is 139 cm³/mol. The highest BCUT2D eigenvalue weighted by Gasteiger charge is 2.32. The minimum atomic E-state index is -0.399. The molecule has 0 bridgehead atoms. The predicted octanol–water partition coefficient (Wildman–Crippen LogP) is 5.93. The molecular weight excluding hydrogens is 501 g/mol. The maximum absolute atomic E-state index is 11.8. The molecule has 1 aliphatic carbocycles. The van der Waals surface area contributed by atoms with E-state index < -0.39 is 5.97 Å². The third-order valence-electron chi connectivity index (χ3n) is 6.59. The quantitative estimate of drug-likeness (QED) is 0.311. The zero-order valence-electron chi connectivity index (χ0n) is 20.1. The Morgan fingerprint density at radius 1 is 1.17 bits per heavy atom. The molecule has 8 nitrogen and oxygen atoms in total. The number of aromatic hydroxyl groups is 1. The molecule has 0 atom stereocenters. The summed E-state index contributed by atoms with van der Waals surface area (Å²) in [6.45, 7) is 4.79. The average Bonchev–Trinajstić information content (AvgIpc) is 3.15. The van der Waals surface area contributed by atoms with Crippen LogP contribution < -0.4 is 5.32 Å². The van der Waals surface area contributed by atoms with Crippen molar-refractivity contribution in [2.45, 2.75) is 39.7 Å². The topological polar surface area (TPSA) is 102 Å². The van der Waals surface area contributed by atoms with Crippen molar-refractivity contribution in [3.8, 4) is 5.88 Å². The van der Waals surface area contributed by atoms with Crippen molar-refractivity contribution < 1.29 is 14.6 Å². The van der Waals surface area contributed by atoms with E-state index in [0.29, 0.717) is 44.7 Å². The van der Waals surface area contributed by atoms with Gasteiger partial charge in [0.25, 0.3) is 0 Å². The molecule has 0 unspecified atom stereocenters. The average molecular weight is 526 g/mol. The fourth-order valence-corrected chi connectivity index (χ4v) is 5.15. The second kappa shape index (κ2) is 9.26. The zero-order chi connectivity index (χ0) is 25.6. The van der Waals surface area contributed by atoms with E-state index in [1.807, 2.05) is 12.1 Å². The van der Waals surface area contributed by atoms with Crippen molar-refractivity contribution in [2.24, 2.45) is 5.41 Å². The maximum Gasteiger partial charge on any atom is 0.337 e. The molecule has 1 aromatic carbocycles. The number of hydrogen-bond donors (Lipinski definition) is 2. The summed E-state index contributed by atoms with van der Waals surface area (Å²) >= 11 is 12.8. The Morgan fingerprint density at radius 3 is 2.53 bits per heavy atom. The lowest BCUT2D eigenvalue weighted by molar-refractivity contribution is 0.0600. The van der Waals surface area contributed by atoms with Gasteiger partial charge >= 0.3 is 5.97 Å². The zero-order valence-corrected chi connectivity index (χ0v) is 21.6. The first-order valence-corrected chi connectivity index (χ1v) is 12.3. The van der Waals surface area contributed by atoms with E-state index in [-0.39, 0.29) is 11.3 Å². The Hall–Kier alpha value is -3.36. The van der Waals surface area contributed by atoms with Gasteiger partial charge < -0.3 is 15.2 Å². The molecule has 0 amide bonds. The van der Waals surface area contributed by atoms with Crippen LogP contribution in [-0.4, -0.2) is 37.9 Å². The number of anilines is 2. The van der Waals surface area contributed by atoms with E-state index >= 15 is 0 Å². The fraction of sp³-hybridized carbons (Fsp3) is 0.308. The Balaban J connectivity index is 1.63. The first-order chi connectivity index (χ1) is 17.2. The molecule has 3 aromatic heterocycles. The molecule has 36 heavy (non-hydrogen) atoms. The number of carbonyl (C=O) groups is 1. The summed E-state index contributed by atoms with van der Waals surface area (Å²) in [5.41, 5.74) is 4.52. The largest absolute Gasteiger partial charge is 0.492 e. The Bertz CT molecular complexity index is 1460. The van der Waals surface area contributed by atoms with Gasteiger partial charge in [0.2, 0.25) is 5.88 Å². The number of nitrogens with one attached hydrogen (secondary N) is 1. The molecule has 4 aromatic rings. The molecule has 0 aliphatic heterocycles. The first-order valence-electron chi connectivity index (χ1n) is 11.5. The van der Waals surface area contributed by atoms with Gasteiger partial charge in [-0.05, 0) is 53.5 Å². The minimum absolute atomic E-state index is 0.0517. The number of aromatic nitrogens is 4. The third kappa shape index (κ3) is 4.47. The molecule has 186 valence electrons. The van der Waals surface area contributed by atoms with Crippen LogP contribution in [0.4, 0.5) is 11.5 Å². The summed E-state index contributed by atoms with van der Waals surface area (Å²) in [6.07, 6.45) is 5.57. The number of esters is 1. The van der Waals surface area contributed by atoms with Crippen LogP contribution in [0.25, 0.3) is 11.0 Å². The van der Waals surface area contributed by atoms with Crippen LogP contribution in [0.3, 0.4) is 0 Å². The van der Waals surface area contributed by atoms with Crippen LogP contribution in [0.2, 0.25) is 10.0 Å². The van der Waals surface area contributed by atoms with Gasteiger partial charge in [-0.15, -0.1) is 5.10 Å². The lowest BCUT2D eigenvalue weighted by Gasteiger charge is -2.32. The number of pyridine rings is 2. The van der Waals surface area contributed by atoms with Crippen LogP contribution in [0.5, 0.6) is 5.88 Å². The van der Waals surface area contributed by atoms with Crippen molar-refractivity contribution >= 4 is 51.7 Å². The van der Waals surface area contributed by atoms with Crippen molar-refractivity contribution in [3.63, 3.8) is 0 Å². The SMILES string of the molecule is COC(=O)c1ccc(Cn2nc(O)c3c4c(c(Nc5c(Cl)cncc5Cl)nc32)CCC(C)(C)C4)cc1. The number of nitrogens with zero attached hydrogens (tertiary/aromatic N) is 4. The Labute approximate surface area is 218 Å². The molecule has 2 N–H and O–H groups in total. The van der Waals surface area contributed by atoms with Crippen LogP contribution in [-0.2, 0) is 24.1 Å². The summed E-state index contributed by atoms with van der Waals surface area (Å²) in [6, 6.07) is 7.05. The van der Waals surface area contributed by atoms with E-state index in [1.54, 1.807) is 16.8 Å². The van der Waals surface area contributed by atoms with Crippen molar-refractivity contribution in [1.29, 1.82) is 0 Å². The van der Waals surface area contributed by atoms with Gasteiger partial charge in [-0.25, -0.2) is 14.5 Å². The minimum Gasteiger partial charge on any atom is -0.492 e. The van der Waals surface area contributed by atoms with Crippen molar-refractivity contribution in [1.82, 2.24) is 19.7 Å². The molecule has 0 radical (unpaired) electrons. The summed E-state index contributed by atoms with van der Waals surface area (Å²) < 4.78 is 6.44. The number of hydrogen-bond acceptors (Lipinski definition) is 7. The molecule has 0 fully saturated rings. The normalized spacial score (nSPS) is 14.5. The van der Waals surface area contributed by atoms with Crippen molar-refractivity contribution in [3.05, 3.63) is 69.0 Å². The number of methoxy groups -OCH3 is 1. The Morgan fingerprint density at radius 2 is 1.86 bits per heavy atom. The highest BCUT2D eigenvalue weighted by atomic mass is 35.5. The molecule has 1 aliphatic rings. The standard InChI is InChI=1S/C26H25Cl2N5O3/c1-26(2)9-8-16-17(10-26)20-23(31-22(16)30-21-18(27)11-29-12-19(21)28)33(32-24(20)34)13-14-4-6-15(7-5-14)25(35)36-3/h4-7,11-12H,8-10,13H2,1-3H3,(H,32,34)(H,29,30,31). The van der Waals surface area contributed by atoms with Gasteiger partial charge in [0.1, 0.15) is 5.82 Å². The molecule has 0 saturated heterocycles. The highest BCUT2D eigenvalue weighted by Crippen LogP contribution is 2.44. The summed E-state index contributed by atoms with van der Waals surface area (Å²) in [5.74, 6) is 0.179. The van der Waals surface area contributed by atoms with Gasteiger partial charge in [0.05, 0.1) is 40.3 Å². The monoisotopic (exact) mass is 525 g/mol. The van der Waals surface area contributed by atoms with Crippen LogP contribution in [0.15, 0.2) is 36.7 Å². The van der Waals surface area contributed by atoms with Crippen LogP contribution >= 0.6 is 23.2 Å². The van der Waals surface area contributed by atoms with Crippen LogP contribution in [0, 0.1) is 5.41 Å². The Kier molecular flexibility index (Phi) is 6.26. The number of halogens is 2. The van der Waals surface area contributed by atoms with Gasteiger partial charge in [0.15, 0.2) is 5.65 Å². The van der Waals surface area contributed by atoms with Gasteiger partial charge in [-0.2, -0.15) is 0 Å².